The van der Waals surface area contributed by atoms with E-state index < -0.39 is 0 Å². The molecule has 0 spiro atoms. The van der Waals surface area contributed by atoms with Gasteiger partial charge in [0.1, 0.15) is 0 Å². The lowest BCUT2D eigenvalue weighted by atomic mass is 10.1. The van der Waals surface area contributed by atoms with Gasteiger partial charge in [-0.25, -0.2) is 0 Å². The lowest BCUT2D eigenvalue weighted by molar-refractivity contribution is 0.544. The Hall–Kier alpha value is -1.04. The molecule has 0 radical (unpaired) electrons. The predicted molar refractivity (Wildman–Crippen MR) is 187 cm³/mol. The van der Waals surface area contributed by atoms with Crippen LogP contribution in [-0.2, 0) is 0 Å². The molecule has 0 nitrogen and oxygen atoms in total. The van der Waals surface area contributed by atoms with Gasteiger partial charge in [0.2, 0.25) is 0 Å². The van der Waals surface area contributed by atoms with Crippen LogP contribution in [0.2, 0.25) is 0 Å². The Labute approximate surface area is 242 Å². The van der Waals surface area contributed by atoms with Crippen LogP contribution in [0.3, 0.4) is 0 Å². The third-order valence-corrected chi connectivity index (χ3v) is 4.66. The summed E-state index contributed by atoms with van der Waals surface area (Å²) in [5.41, 5.74) is 4.01. The van der Waals surface area contributed by atoms with Gasteiger partial charge in [0.15, 0.2) is 0 Å². The molecule has 0 fully saturated rings. The molecular formula is C37H82. The molecule has 0 bridgehead atoms. The van der Waals surface area contributed by atoms with Crippen LogP contribution in [0.1, 0.15) is 177 Å². The van der Waals surface area contributed by atoms with Gasteiger partial charge in [-0.3, -0.25) is 0 Å². The van der Waals surface area contributed by atoms with E-state index in [0.717, 1.165) is 18.3 Å². The van der Waals surface area contributed by atoms with Gasteiger partial charge in [-0.15, -0.1) is 0 Å². The number of rotatable bonds is 7. The molecule has 0 N–H and O–H groups in total. The number of allylic oxidation sites excluding steroid dienone is 6. The van der Waals surface area contributed by atoms with E-state index in [1.165, 1.54) is 48.8 Å². The van der Waals surface area contributed by atoms with Gasteiger partial charge in [0, 0.05) is 0 Å². The largest absolute Gasteiger partial charge is 0.0999 e. The quantitative estimate of drug-likeness (QED) is 0.228. The van der Waals surface area contributed by atoms with Crippen molar-refractivity contribution < 1.29 is 0 Å². The van der Waals surface area contributed by atoms with E-state index in [9.17, 15) is 0 Å². The SMILES string of the molecule is C/C=C(/C)CC.C=C(C)C(C)C.C=C/C(C)=C\CC(C)C.CC.CC.CCC.CCC.CCC(C)CC. The molecule has 0 amide bonds. The lowest BCUT2D eigenvalue weighted by Gasteiger charge is -1.98. The molecular weight excluding hydrogens is 444 g/mol. The molecule has 0 aliphatic heterocycles. The minimum absolute atomic E-state index is 0.657. The normalized spacial score (nSPS) is 9.38. The summed E-state index contributed by atoms with van der Waals surface area (Å²) in [6.45, 7) is 49.9. The summed E-state index contributed by atoms with van der Waals surface area (Å²) in [6, 6.07) is 0. The van der Waals surface area contributed by atoms with Gasteiger partial charge < -0.3 is 0 Å². The summed E-state index contributed by atoms with van der Waals surface area (Å²) in [5, 5.41) is 0. The molecule has 0 heterocycles. The predicted octanol–water partition coefficient (Wildman–Crippen LogP) is 15.1. The second kappa shape index (κ2) is 59.8. The van der Waals surface area contributed by atoms with Crippen molar-refractivity contribution in [1.29, 1.82) is 0 Å². The second-order valence-electron chi connectivity index (χ2n) is 9.61. The van der Waals surface area contributed by atoms with Crippen LogP contribution in [0.25, 0.3) is 0 Å². The summed E-state index contributed by atoms with van der Waals surface area (Å²) >= 11 is 0. The highest BCUT2D eigenvalue weighted by Crippen LogP contribution is 2.04. The Balaban J connectivity index is -0.0000000456. The standard InChI is InChI=1S/C9H16.C6H12.C6H14.C6H12.2C3H8.2C2H6/c1-5-9(4)7-6-8(2)3;1-5(2)6(3)4;2*1-4-6(3)5-2;2*1-3-2;2*1-2/h5,7-8H,1,6H2,2-4H3;6H,1H2,2-4H3;6H,4-5H2,1-3H3;4H,5H2,1-3H3;2*3H2,1-2H3;2*1-2H3/b9-7-;;;6-4-;;;;. The molecule has 0 saturated carbocycles. The topological polar surface area (TPSA) is 0 Å². The van der Waals surface area contributed by atoms with Crippen LogP contribution >= 0.6 is 0 Å². The van der Waals surface area contributed by atoms with Crippen molar-refractivity contribution in [2.45, 2.75) is 177 Å². The molecule has 0 aromatic heterocycles. The molecule has 230 valence electrons. The zero-order valence-electron chi connectivity index (χ0n) is 30.6. The molecule has 0 atom stereocenters. The number of hydrogen-bond acceptors (Lipinski definition) is 0. The van der Waals surface area contributed by atoms with Crippen LogP contribution in [0.5, 0.6) is 0 Å². The highest BCUT2D eigenvalue weighted by Gasteiger charge is 1.89. The van der Waals surface area contributed by atoms with Crippen molar-refractivity contribution in [3.05, 3.63) is 48.1 Å². The summed E-state index contributed by atoms with van der Waals surface area (Å²) in [7, 11) is 0. The zero-order chi connectivity index (χ0) is 31.8. The van der Waals surface area contributed by atoms with Gasteiger partial charge in [-0.2, -0.15) is 0 Å². The molecule has 0 aromatic rings. The van der Waals surface area contributed by atoms with Gasteiger partial charge in [0.25, 0.3) is 0 Å². The fraction of sp³-hybridized carbons (Fsp3) is 0.784. The summed E-state index contributed by atoms with van der Waals surface area (Å²) in [4.78, 5) is 0. The maximum Gasteiger partial charge on any atom is -0.0266 e. The molecule has 0 aromatic carbocycles. The first-order chi connectivity index (χ1) is 17.3. The first-order valence-electron chi connectivity index (χ1n) is 15.8. The van der Waals surface area contributed by atoms with Crippen LogP contribution in [0.15, 0.2) is 48.1 Å². The molecule has 0 rings (SSSR count). The third kappa shape index (κ3) is 118. The molecule has 0 heteroatoms. The molecule has 0 saturated heterocycles. The van der Waals surface area contributed by atoms with E-state index in [2.05, 4.69) is 129 Å². The van der Waals surface area contributed by atoms with Crippen molar-refractivity contribution in [1.82, 2.24) is 0 Å². The van der Waals surface area contributed by atoms with Gasteiger partial charge >= 0.3 is 0 Å². The second-order valence-corrected chi connectivity index (χ2v) is 9.61. The third-order valence-electron chi connectivity index (χ3n) is 4.66. The van der Waals surface area contributed by atoms with E-state index in [-0.39, 0.29) is 0 Å². The van der Waals surface area contributed by atoms with E-state index >= 15 is 0 Å². The molecule has 37 heavy (non-hydrogen) atoms. The Morgan fingerprint density at radius 1 is 0.703 bits per heavy atom. The van der Waals surface area contributed by atoms with Gasteiger partial charge in [-0.05, 0) is 58.3 Å². The number of hydrogen-bond donors (Lipinski definition) is 0. The van der Waals surface area contributed by atoms with Crippen molar-refractivity contribution in [2.75, 3.05) is 0 Å². The van der Waals surface area contributed by atoms with Crippen LogP contribution in [0, 0.1) is 17.8 Å². The minimum Gasteiger partial charge on any atom is -0.0999 e. The first kappa shape index (κ1) is 56.2. The summed E-state index contributed by atoms with van der Waals surface area (Å²) < 4.78 is 0. The average molecular weight is 527 g/mol. The zero-order valence-corrected chi connectivity index (χ0v) is 30.6. The van der Waals surface area contributed by atoms with Crippen molar-refractivity contribution in [3.8, 4) is 0 Å². The molecule has 0 aliphatic carbocycles. The Bertz CT molecular complexity index is 398. The molecule has 0 unspecified atom stereocenters. The summed E-state index contributed by atoms with van der Waals surface area (Å²) in [5.74, 6) is 2.36. The lowest BCUT2D eigenvalue weighted by Crippen LogP contribution is -1.85. The van der Waals surface area contributed by atoms with E-state index in [0.29, 0.717) is 5.92 Å². The summed E-state index contributed by atoms with van der Waals surface area (Å²) in [6.07, 6.45) is 13.8. The fourth-order valence-electron chi connectivity index (χ4n) is 0.998. The van der Waals surface area contributed by atoms with E-state index in [1.54, 1.807) is 0 Å². The van der Waals surface area contributed by atoms with E-state index in [1.807, 2.05) is 40.7 Å². The highest BCUT2D eigenvalue weighted by atomic mass is 14.0. The van der Waals surface area contributed by atoms with Gasteiger partial charge in [0.05, 0.1) is 0 Å². The Morgan fingerprint density at radius 3 is 1.08 bits per heavy atom. The Morgan fingerprint density at radius 2 is 1.00 bits per heavy atom. The maximum absolute atomic E-state index is 3.75. The van der Waals surface area contributed by atoms with Crippen molar-refractivity contribution >= 4 is 0 Å². The maximum atomic E-state index is 3.75. The minimum atomic E-state index is 0.657. The van der Waals surface area contributed by atoms with Crippen LogP contribution in [0.4, 0.5) is 0 Å². The van der Waals surface area contributed by atoms with Crippen molar-refractivity contribution in [2.24, 2.45) is 17.8 Å². The van der Waals surface area contributed by atoms with Crippen molar-refractivity contribution in [3.63, 3.8) is 0 Å². The van der Waals surface area contributed by atoms with Gasteiger partial charge in [-0.1, -0.05) is 185 Å². The average Bonchev–Trinajstić information content (AvgIpc) is 2.90. The smallest absolute Gasteiger partial charge is 0.0266 e. The Kier molecular flexibility index (Phi) is 90.9. The first-order valence-corrected chi connectivity index (χ1v) is 15.8. The van der Waals surface area contributed by atoms with Crippen LogP contribution in [-0.4, -0.2) is 0 Å². The highest BCUT2D eigenvalue weighted by molar-refractivity contribution is 5.12. The fourth-order valence-corrected chi connectivity index (χ4v) is 0.998. The van der Waals surface area contributed by atoms with Crippen LogP contribution < -0.4 is 0 Å². The van der Waals surface area contributed by atoms with E-state index in [4.69, 9.17) is 0 Å². The molecule has 0 aliphatic rings. The monoisotopic (exact) mass is 527 g/mol.